The van der Waals surface area contributed by atoms with Crippen molar-refractivity contribution in [2.45, 2.75) is 42.6 Å². The van der Waals surface area contributed by atoms with Gasteiger partial charge in [0.05, 0.1) is 10.5 Å². The predicted molar refractivity (Wildman–Crippen MR) is 73.5 cm³/mol. The summed E-state index contributed by atoms with van der Waals surface area (Å²) >= 11 is 0. The van der Waals surface area contributed by atoms with E-state index in [1.54, 1.807) is 0 Å². The van der Waals surface area contributed by atoms with Crippen molar-refractivity contribution >= 4 is 15.6 Å². The van der Waals surface area contributed by atoms with Crippen LogP contribution in [0.5, 0.6) is 0 Å². The van der Waals surface area contributed by atoms with Crippen molar-refractivity contribution in [3.8, 4) is 0 Å². The smallest absolute Gasteiger partial charge is 0.194 e. The molecule has 2 heterocycles. The molecule has 1 aromatic carbocycles. The van der Waals surface area contributed by atoms with Crippen LogP contribution in [-0.2, 0) is 21.1 Å². The van der Waals surface area contributed by atoms with Gasteiger partial charge in [-0.3, -0.25) is 4.79 Å². The molecular formula is C15H15F3O3S. The van der Waals surface area contributed by atoms with Crippen LogP contribution in [0.4, 0.5) is 13.2 Å². The zero-order valence-corrected chi connectivity index (χ0v) is 12.5. The normalized spacial score (nSPS) is 29.5. The molecule has 7 heteroatoms. The molecule has 2 atom stereocenters. The molecule has 0 aromatic heterocycles. The molecule has 0 aliphatic carbocycles. The molecule has 0 radical (unpaired) electrons. The minimum Gasteiger partial charge on any atom is -0.299 e. The summed E-state index contributed by atoms with van der Waals surface area (Å²) in [5.41, 5.74) is -0.190. The Bertz CT molecular complexity index is 710. The van der Waals surface area contributed by atoms with Crippen molar-refractivity contribution in [2.24, 2.45) is 5.92 Å². The molecule has 0 spiro atoms. The lowest BCUT2D eigenvalue weighted by molar-refractivity contribution is -0.122. The zero-order valence-electron chi connectivity index (χ0n) is 11.7. The Kier molecular flexibility index (Phi) is 3.79. The molecule has 2 fully saturated rings. The van der Waals surface area contributed by atoms with E-state index < -0.39 is 43.7 Å². The van der Waals surface area contributed by atoms with E-state index >= 15 is 0 Å². The lowest BCUT2D eigenvalue weighted by Crippen LogP contribution is -2.36. The first-order valence-corrected chi connectivity index (χ1v) is 8.79. The highest BCUT2D eigenvalue weighted by atomic mass is 32.2. The average Bonchev–Trinajstić information content (AvgIpc) is 2.68. The van der Waals surface area contributed by atoms with Gasteiger partial charge in [0, 0.05) is 12.3 Å². The number of Topliss-reactive ketones (excluding diaryl/α,β-unsaturated/α-hetero) is 1. The van der Waals surface area contributed by atoms with Gasteiger partial charge in [-0.15, -0.1) is 0 Å². The second-order valence-corrected chi connectivity index (χ2v) is 8.57. The van der Waals surface area contributed by atoms with E-state index in [1.807, 2.05) is 0 Å². The molecular weight excluding hydrogens is 317 g/mol. The third-order valence-electron chi connectivity index (χ3n) is 4.77. The summed E-state index contributed by atoms with van der Waals surface area (Å²) in [6.07, 6.45) is 1.30. The van der Waals surface area contributed by atoms with Gasteiger partial charge in [-0.1, -0.05) is 6.07 Å². The van der Waals surface area contributed by atoms with Crippen LogP contribution >= 0.6 is 0 Å². The summed E-state index contributed by atoms with van der Waals surface area (Å²) in [6, 6.07) is 1.84. The first-order chi connectivity index (χ1) is 10.3. The van der Waals surface area contributed by atoms with Crippen molar-refractivity contribution in [1.29, 1.82) is 0 Å². The molecule has 2 aliphatic rings. The van der Waals surface area contributed by atoms with Gasteiger partial charge in [0.1, 0.15) is 5.78 Å². The van der Waals surface area contributed by atoms with Crippen molar-refractivity contribution < 1.29 is 26.4 Å². The second kappa shape index (κ2) is 5.37. The van der Waals surface area contributed by atoms with E-state index in [-0.39, 0.29) is 30.6 Å². The van der Waals surface area contributed by atoms with Crippen molar-refractivity contribution in [3.05, 3.63) is 35.1 Å². The summed E-state index contributed by atoms with van der Waals surface area (Å²) in [5, 5.41) is -0.981. The Labute approximate surface area is 126 Å². The van der Waals surface area contributed by atoms with Crippen molar-refractivity contribution in [3.63, 3.8) is 0 Å². The Hall–Kier alpha value is -1.37. The van der Waals surface area contributed by atoms with Crippen LogP contribution in [0.15, 0.2) is 12.1 Å². The van der Waals surface area contributed by atoms with Gasteiger partial charge in [0.15, 0.2) is 27.3 Å². The summed E-state index contributed by atoms with van der Waals surface area (Å²) < 4.78 is 63.6. The molecule has 0 N–H and O–H groups in total. The van der Waals surface area contributed by atoms with E-state index in [0.29, 0.717) is 12.8 Å². The number of ketones is 1. The van der Waals surface area contributed by atoms with Gasteiger partial charge >= 0.3 is 0 Å². The van der Waals surface area contributed by atoms with Gasteiger partial charge in [0.25, 0.3) is 0 Å². The molecule has 3 rings (SSSR count). The fraction of sp³-hybridized carbons (Fsp3) is 0.533. The zero-order chi connectivity index (χ0) is 16.1. The molecule has 3 nitrogen and oxygen atoms in total. The van der Waals surface area contributed by atoms with Crippen LogP contribution < -0.4 is 0 Å². The molecule has 2 saturated heterocycles. The fourth-order valence-corrected chi connectivity index (χ4v) is 5.98. The van der Waals surface area contributed by atoms with Crippen LogP contribution in [0, 0.1) is 23.4 Å². The molecule has 1 aromatic rings. The SMILES string of the molecule is O=C(Cc1ccc(F)c(F)c1F)C1CC2CCC(C1)S2(=O)=O. The molecule has 2 aliphatic heterocycles. The number of benzene rings is 1. The van der Waals surface area contributed by atoms with Crippen molar-refractivity contribution in [2.75, 3.05) is 0 Å². The highest BCUT2D eigenvalue weighted by molar-refractivity contribution is 7.93. The van der Waals surface area contributed by atoms with Gasteiger partial charge in [0.2, 0.25) is 0 Å². The Morgan fingerprint density at radius 2 is 1.64 bits per heavy atom. The molecule has 0 saturated carbocycles. The summed E-state index contributed by atoms with van der Waals surface area (Å²) in [4.78, 5) is 12.3. The third kappa shape index (κ3) is 2.45. The first kappa shape index (κ1) is 15.5. The molecule has 2 bridgehead atoms. The number of hydrogen-bond donors (Lipinski definition) is 0. The summed E-state index contributed by atoms with van der Waals surface area (Å²) in [6.45, 7) is 0. The monoisotopic (exact) mass is 332 g/mol. The number of carbonyl (C=O) groups is 1. The number of carbonyl (C=O) groups excluding carboxylic acids is 1. The van der Waals surface area contributed by atoms with E-state index in [4.69, 9.17) is 0 Å². The molecule has 22 heavy (non-hydrogen) atoms. The Morgan fingerprint density at radius 1 is 1.05 bits per heavy atom. The summed E-state index contributed by atoms with van der Waals surface area (Å²) in [7, 11) is -3.12. The minimum absolute atomic E-state index is 0.190. The Morgan fingerprint density at radius 3 is 2.23 bits per heavy atom. The summed E-state index contributed by atoms with van der Waals surface area (Å²) in [5.74, 6) is -4.99. The van der Waals surface area contributed by atoms with Gasteiger partial charge < -0.3 is 0 Å². The van der Waals surface area contributed by atoms with Crippen LogP contribution in [0.2, 0.25) is 0 Å². The van der Waals surface area contributed by atoms with Gasteiger partial charge in [-0.2, -0.15) is 0 Å². The van der Waals surface area contributed by atoms with E-state index in [9.17, 15) is 26.4 Å². The topological polar surface area (TPSA) is 51.2 Å². The highest BCUT2D eigenvalue weighted by Gasteiger charge is 2.48. The third-order valence-corrected chi connectivity index (χ3v) is 7.48. The lowest BCUT2D eigenvalue weighted by atomic mass is 9.90. The van der Waals surface area contributed by atoms with E-state index in [2.05, 4.69) is 0 Å². The molecule has 0 amide bonds. The number of hydrogen-bond acceptors (Lipinski definition) is 3. The number of fused-ring (bicyclic) bond motifs is 2. The maximum absolute atomic E-state index is 13.6. The van der Waals surface area contributed by atoms with Crippen LogP contribution in [0.1, 0.15) is 31.2 Å². The standard InChI is InChI=1S/C15H15F3O3S/c16-12-4-1-8(14(17)15(12)18)7-13(19)9-5-10-2-3-11(6-9)22(10,20)21/h1,4,9-11H,2-3,5-7H2. The number of rotatable bonds is 3. The Balaban J connectivity index is 1.76. The van der Waals surface area contributed by atoms with Gasteiger partial charge in [-0.05, 0) is 37.3 Å². The van der Waals surface area contributed by atoms with E-state index in [0.717, 1.165) is 12.1 Å². The van der Waals surface area contributed by atoms with Crippen LogP contribution in [0.25, 0.3) is 0 Å². The largest absolute Gasteiger partial charge is 0.299 e. The maximum atomic E-state index is 13.6. The quantitative estimate of drug-likeness (QED) is 0.800. The number of sulfone groups is 1. The lowest BCUT2D eigenvalue weighted by Gasteiger charge is -2.27. The first-order valence-electron chi connectivity index (χ1n) is 7.18. The molecule has 2 unspecified atom stereocenters. The molecule has 120 valence electrons. The fourth-order valence-electron chi connectivity index (χ4n) is 3.50. The number of halogens is 3. The highest BCUT2D eigenvalue weighted by Crippen LogP contribution is 2.41. The van der Waals surface area contributed by atoms with Crippen LogP contribution in [-0.4, -0.2) is 24.7 Å². The van der Waals surface area contributed by atoms with Crippen molar-refractivity contribution in [1.82, 2.24) is 0 Å². The average molecular weight is 332 g/mol. The minimum atomic E-state index is -3.12. The van der Waals surface area contributed by atoms with Crippen LogP contribution in [0.3, 0.4) is 0 Å². The maximum Gasteiger partial charge on any atom is 0.194 e. The van der Waals surface area contributed by atoms with E-state index in [1.165, 1.54) is 0 Å². The predicted octanol–water partition coefficient (Wildman–Crippen LogP) is 2.57. The van der Waals surface area contributed by atoms with Gasteiger partial charge in [-0.25, -0.2) is 21.6 Å². The second-order valence-electron chi connectivity index (χ2n) is 6.06.